The maximum Gasteiger partial charge on any atom is 0.125 e. The number of anilines is 1. The minimum Gasteiger partial charge on any atom is -0.377 e. The Balaban J connectivity index is 1.34. The Labute approximate surface area is 154 Å². The van der Waals surface area contributed by atoms with Crippen LogP contribution in [0.25, 0.3) is 0 Å². The molecular weight excluding hydrogens is 328 g/mol. The van der Waals surface area contributed by atoms with Crippen LogP contribution >= 0.6 is 0 Å². The third-order valence-corrected chi connectivity index (χ3v) is 5.11. The van der Waals surface area contributed by atoms with Crippen LogP contribution in [0.15, 0.2) is 48.9 Å². The zero-order chi connectivity index (χ0) is 17.7. The Morgan fingerprint density at radius 1 is 1.19 bits per heavy atom. The first kappa shape index (κ1) is 17.4. The maximum absolute atomic E-state index is 6.29. The summed E-state index contributed by atoms with van der Waals surface area (Å²) < 4.78 is 12.2. The molecule has 0 amide bonds. The van der Waals surface area contributed by atoms with Gasteiger partial charge in [-0.3, -0.25) is 9.88 Å². The van der Waals surface area contributed by atoms with Crippen molar-refractivity contribution in [3.63, 3.8) is 0 Å². The largest absolute Gasteiger partial charge is 0.377 e. The molecule has 6 heteroatoms. The van der Waals surface area contributed by atoms with E-state index in [9.17, 15) is 0 Å². The molecule has 0 aliphatic carbocycles. The molecule has 2 fully saturated rings. The van der Waals surface area contributed by atoms with Crippen LogP contribution < -0.4 is 5.32 Å². The lowest BCUT2D eigenvalue weighted by atomic mass is 9.94. The summed E-state index contributed by atoms with van der Waals surface area (Å²) in [5.74, 6) is 1.39. The van der Waals surface area contributed by atoms with Crippen molar-refractivity contribution in [3.8, 4) is 0 Å². The number of hydrogen-bond donors (Lipinski definition) is 1. The van der Waals surface area contributed by atoms with Crippen LogP contribution in [0.2, 0.25) is 0 Å². The predicted octanol–water partition coefficient (Wildman–Crippen LogP) is 2.20. The fourth-order valence-electron chi connectivity index (χ4n) is 3.86. The maximum atomic E-state index is 6.29. The Morgan fingerprint density at radius 3 is 2.96 bits per heavy atom. The molecule has 6 nitrogen and oxygen atoms in total. The summed E-state index contributed by atoms with van der Waals surface area (Å²) >= 11 is 0. The first-order valence-corrected chi connectivity index (χ1v) is 9.29. The van der Waals surface area contributed by atoms with E-state index in [1.54, 1.807) is 0 Å². The molecule has 2 aliphatic heterocycles. The SMILES string of the molecule is c1ccc(NC[C@H]2CO[C@@]3(COCCN(Cc4ccncc4)C3)C2)nc1. The summed E-state index contributed by atoms with van der Waals surface area (Å²) in [6.45, 7) is 5.84. The number of rotatable bonds is 5. The van der Waals surface area contributed by atoms with E-state index in [1.165, 1.54) is 5.56 Å². The molecule has 2 aromatic rings. The lowest BCUT2D eigenvalue weighted by molar-refractivity contribution is -0.0562. The van der Waals surface area contributed by atoms with Gasteiger partial charge in [-0.05, 0) is 36.2 Å². The van der Waals surface area contributed by atoms with Crippen LogP contribution in [0.5, 0.6) is 0 Å². The number of nitrogens with one attached hydrogen (secondary N) is 1. The van der Waals surface area contributed by atoms with Crippen LogP contribution in [0.1, 0.15) is 12.0 Å². The first-order valence-electron chi connectivity index (χ1n) is 9.29. The van der Waals surface area contributed by atoms with Crippen LogP contribution in [-0.2, 0) is 16.0 Å². The highest BCUT2D eigenvalue weighted by atomic mass is 16.5. The van der Waals surface area contributed by atoms with Crippen LogP contribution in [0.3, 0.4) is 0 Å². The Kier molecular flexibility index (Phi) is 5.43. The third kappa shape index (κ3) is 4.38. The van der Waals surface area contributed by atoms with Gasteiger partial charge in [-0.2, -0.15) is 0 Å². The minimum absolute atomic E-state index is 0.194. The van der Waals surface area contributed by atoms with Gasteiger partial charge in [0.1, 0.15) is 11.4 Å². The van der Waals surface area contributed by atoms with Gasteiger partial charge >= 0.3 is 0 Å². The molecule has 0 radical (unpaired) electrons. The van der Waals surface area contributed by atoms with Crippen LogP contribution in [-0.4, -0.2) is 59.9 Å². The number of aromatic nitrogens is 2. The second-order valence-electron chi connectivity index (χ2n) is 7.28. The van der Waals surface area contributed by atoms with Gasteiger partial charge < -0.3 is 14.8 Å². The van der Waals surface area contributed by atoms with Crippen molar-refractivity contribution in [1.82, 2.24) is 14.9 Å². The predicted molar refractivity (Wildman–Crippen MR) is 99.8 cm³/mol. The topological polar surface area (TPSA) is 59.5 Å². The number of hydrogen-bond acceptors (Lipinski definition) is 6. The molecule has 0 saturated carbocycles. The van der Waals surface area contributed by atoms with Crippen molar-refractivity contribution in [3.05, 3.63) is 54.5 Å². The van der Waals surface area contributed by atoms with E-state index >= 15 is 0 Å². The van der Waals surface area contributed by atoms with E-state index in [1.807, 2.05) is 36.8 Å². The van der Waals surface area contributed by atoms with Gasteiger partial charge in [0, 0.05) is 50.7 Å². The molecule has 2 aliphatic rings. The second kappa shape index (κ2) is 8.12. The van der Waals surface area contributed by atoms with E-state index < -0.39 is 0 Å². The summed E-state index contributed by atoms with van der Waals surface area (Å²) in [7, 11) is 0. The highest BCUT2D eigenvalue weighted by Gasteiger charge is 2.43. The fraction of sp³-hybridized carbons (Fsp3) is 0.500. The van der Waals surface area contributed by atoms with Gasteiger partial charge in [0.05, 0.1) is 19.8 Å². The standard InChI is InChI=1S/C20H26N4O2/c1-2-6-22-19(3-1)23-12-18-11-20(26-14-18)15-24(9-10-25-16-20)13-17-4-7-21-8-5-17/h1-8,18H,9-16H2,(H,22,23)/t18-,20-/m0/s1. The summed E-state index contributed by atoms with van der Waals surface area (Å²) in [5.41, 5.74) is 1.09. The third-order valence-electron chi connectivity index (χ3n) is 5.11. The van der Waals surface area contributed by atoms with Gasteiger partial charge in [-0.1, -0.05) is 6.07 Å². The van der Waals surface area contributed by atoms with Crippen LogP contribution in [0.4, 0.5) is 5.82 Å². The van der Waals surface area contributed by atoms with E-state index in [0.29, 0.717) is 12.5 Å². The normalized spacial score (nSPS) is 26.7. The fourth-order valence-corrected chi connectivity index (χ4v) is 3.86. The van der Waals surface area contributed by atoms with Crippen molar-refractivity contribution in [2.24, 2.45) is 5.92 Å². The molecule has 0 unspecified atom stereocenters. The highest BCUT2D eigenvalue weighted by Crippen LogP contribution is 2.33. The summed E-state index contributed by atoms with van der Waals surface area (Å²) in [5, 5.41) is 3.42. The van der Waals surface area contributed by atoms with Crippen molar-refractivity contribution >= 4 is 5.82 Å². The van der Waals surface area contributed by atoms with Crippen molar-refractivity contribution < 1.29 is 9.47 Å². The van der Waals surface area contributed by atoms with Crippen molar-refractivity contribution in [2.75, 3.05) is 44.8 Å². The molecule has 0 aromatic carbocycles. The average Bonchev–Trinajstić information content (AvgIpc) is 2.97. The van der Waals surface area contributed by atoms with Gasteiger partial charge in [-0.15, -0.1) is 0 Å². The zero-order valence-corrected chi connectivity index (χ0v) is 15.0. The molecule has 2 atom stereocenters. The molecule has 4 rings (SSSR count). The Morgan fingerprint density at radius 2 is 2.12 bits per heavy atom. The van der Waals surface area contributed by atoms with Crippen molar-refractivity contribution in [1.29, 1.82) is 0 Å². The zero-order valence-electron chi connectivity index (χ0n) is 15.0. The number of ether oxygens (including phenoxy) is 2. The Hall–Kier alpha value is -2.02. The molecule has 0 bridgehead atoms. The van der Waals surface area contributed by atoms with Gasteiger partial charge in [-0.25, -0.2) is 4.98 Å². The molecule has 26 heavy (non-hydrogen) atoms. The molecule has 138 valence electrons. The van der Waals surface area contributed by atoms with Crippen molar-refractivity contribution in [2.45, 2.75) is 18.6 Å². The average molecular weight is 354 g/mol. The van der Waals surface area contributed by atoms with Crippen LogP contribution in [0, 0.1) is 5.92 Å². The quantitative estimate of drug-likeness (QED) is 0.888. The summed E-state index contributed by atoms with van der Waals surface area (Å²) in [6.07, 6.45) is 6.53. The molecule has 2 saturated heterocycles. The molecule has 1 spiro atoms. The molecule has 4 heterocycles. The summed E-state index contributed by atoms with van der Waals surface area (Å²) in [6, 6.07) is 10.1. The lowest BCUT2D eigenvalue weighted by Crippen LogP contribution is -2.43. The van der Waals surface area contributed by atoms with Gasteiger partial charge in [0.2, 0.25) is 0 Å². The summed E-state index contributed by atoms with van der Waals surface area (Å²) in [4.78, 5) is 10.9. The van der Waals surface area contributed by atoms with E-state index in [0.717, 1.165) is 51.6 Å². The van der Waals surface area contributed by atoms with E-state index in [2.05, 4.69) is 32.3 Å². The molecule has 2 aromatic heterocycles. The molecular formula is C20H26N4O2. The first-order chi connectivity index (χ1) is 12.8. The lowest BCUT2D eigenvalue weighted by Gasteiger charge is -2.31. The number of nitrogens with zero attached hydrogens (tertiary/aromatic N) is 3. The molecule has 1 N–H and O–H groups in total. The van der Waals surface area contributed by atoms with Gasteiger partial charge in [0.25, 0.3) is 0 Å². The highest BCUT2D eigenvalue weighted by molar-refractivity contribution is 5.33. The smallest absolute Gasteiger partial charge is 0.125 e. The Bertz CT molecular complexity index is 685. The number of pyridine rings is 2. The second-order valence-corrected chi connectivity index (χ2v) is 7.28. The van der Waals surface area contributed by atoms with E-state index in [-0.39, 0.29) is 5.60 Å². The van der Waals surface area contributed by atoms with Gasteiger partial charge in [0.15, 0.2) is 0 Å². The minimum atomic E-state index is -0.194. The van der Waals surface area contributed by atoms with E-state index in [4.69, 9.17) is 9.47 Å². The monoisotopic (exact) mass is 354 g/mol.